The lowest BCUT2D eigenvalue weighted by molar-refractivity contribution is -0.142. The number of ether oxygens (including phenoxy) is 1. The third kappa shape index (κ3) is 2.37. The van der Waals surface area contributed by atoms with Crippen LogP contribution < -0.4 is 5.73 Å². The van der Waals surface area contributed by atoms with Gasteiger partial charge >= 0.3 is 5.97 Å². The van der Waals surface area contributed by atoms with Crippen LogP contribution in [0.5, 0.6) is 0 Å². The molecule has 1 saturated heterocycles. The molecule has 3 rings (SSSR count). The summed E-state index contributed by atoms with van der Waals surface area (Å²) >= 11 is 0. The van der Waals surface area contributed by atoms with Gasteiger partial charge in [0, 0.05) is 6.42 Å². The molecular weight excluding hydrogens is 238 g/mol. The maximum absolute atomic E-state index is 11.3. The molecule has 0 aliphatic carbocycles. The van der Waals surface area contributed by atoms with Gasteiger partial charge in [-0.1, -0.05) is 54.6 Å². The van der Waals surface area contributed by atoms with Crippen LogP contribution in [0.25, 0.3) is 11.1 Å². The van der Waals surface area contributed by atoms with Gasteiger partial charge in [0.2, 0.25) is 0 Å². The summed E-state index contributed by atoms with van der Waals surface area (Å²) in [6.45, 7) is 0. The van der Waals surface area contributed by atoms with Crippen molar-refractivity contribution in [2.75, 3.05) is 0 Å². The molecule has 2 unspecified atom stereocenters. The highest BCUT2D eigenvalue weighted by molar-refractivity contribution is 5.78. The summed E-state index contributed by atoms with van der Waals surface area (Å²) in [5, 5.41) is 0. The van der Waals surface area contributed by atoms with Gasteiger partial charge in [0.25, 0.3) is 0 Å². The Kier molecular flexibility index (Phi) is 3.05. The van der Waals surface area contributed by atoms with Crippen LogP contribution in [-0.4, -0.2) is 12.0 Å². The largest absolute Gasteiger partial charge is 0.456 e. The van der Waals surface area contributed by atoms with E-state index in [1.807, 2.05) is 42.5 Å². The average Bonchev–Trinajstić information content (AvgIpc) is 2.80. The normalized spacial score (nSPS) is 22.3. The average molecular weight is 253 g/mol. The molecular formula is C16H15NO2. The van der Waals surface area contributed by atoms with Crippen molar-refractivity contribution in [3.05, 3.63) is 60.2 Å². The summed E-state index contributed by atoms with van der Waals surface area (Å²) in [4.78, 5) is 11.3. The Balaban J connectivity index is 1.82. The van der Waals surface area contributed by atoms with E-state index < -0.39 is 6.04 Å². The molecule has 0 aromatic heterocycles. The fraction of sp³-hybridized carbons (Fsp3) is 0.188. The fourth-order valence-corrected chi connectivity index (χ4v) is 2.33. The van der Waals surface area contributed by atoms with Crippen molar-refractivity contribution in [1.82, 2.24) is 0 Å². The van der Waals surface area contributed by atoms with Crippen LogP contribution in [0.3, 0.4) is 0 Å². The van der Waals surface area contributed by atoms with Gasteiger partial charge in [-0.2, -0.15) is 0 Å². The van der Waals surface area contributed by atoms with Gasteiger partial charge in [-0.3, -0.25) is 4.79 Å². The zero-order valence-electron chi connectivity index (χ0n) is 10.5. The Morgan fingerprint density at radius 3 is 2.16 bits per heavy atom. The first-order valence-corrected chi connectivity index (χ1v) is 6.35. The molecule has 19 heavy (non-hydrogen) atoms. The first-order chi connectivity index (χ1) is 9.24. The summed E-state index contributed by atoms with van der Waals surface area (Å²) < 4.78 is 5.24. The molecule has 1 aliphatic heterocycles. The lowest BCUT2D eigenvalue weighted by Gasteiger charge is -2.10. The summed E-state index contributed by atoms with van der Waals surface area (Å²) in [6.07, 6.45) is 0.357. The van der Waals surface area contributed by atoms with E-state index in [0.717, 1.165) is 11.1 Å². The van der Waals surface area contributed by atoms with Crippen LogP contribution in [0.15, 0.2) is 54.6 Å². The van der Waals surface area contributed by atoms with E-state index in [2.05, 4.69) is 12.1 Å². The maximum atomic E-state index is 11.3. The van der Waals surface area contributed by atoms with E-state index in [9.17, 15) is 4.79 Å². The number of rotatable bonds is 2. The highest BCUT2D eigenvalue weighted by atomic mass is 16.6. The Labute approximate surface area is 112 Å². The molecule has 0 radical (unpaired) electrons. The number of cyclic esters (lactones) is 1. The Bertz CT molecular complexity index is 577. The smallest absolute Gasteiger partial charge is 0.323 e. The molecule has 0 spiro atoms. The van der Waals surface area contributed by atoms with Crippen molar-refractivity contribution in [2.24, 2.45) is 5.73 Å². The molecule has 1 aliphatic rings. The quantitative estimate of drug-likeness (QED) is 0.837. The Morgan fingerprint density at radius 2 is 1.58 bits per heavy atom. The van der Waals surface area contributed by atoms with Crippen molar-refractivity contribution in [2.45, 2.75) is 18.6 Å². The minimum absolute atomic E-state index is 0.202. The topological polar surface area (TPSA) is 52.3 Å². The number of nitrogens with two attached hydrogens (primary N) is 1. The van der Waals surface area contributed by atoms with Crippen LogP contribution in [-0.2, 0) is 9.53 Å². The van der Waals surface area contributed by atoms with Crippen LogP contribution in [0.4, 0.5) is 0 Å². The molecule has 1 heterocycles. The fourth-order valence-electron chi connectivity index (χ4n) is 2.33. The zero-order chi connectivity index (χ0) is 13.2. The number of carbonyl (C=O) groups is 1. The SMILES string of the molecule is NC1CC(c2ccc(-c3ccccc3)cc2)OC1=O. The highest BCUT2D eigenvalue weighted by Gasteiger charge is 2.32. The third-order valence-electron chi connectivity index (χ3n) is 3.42. The number of hydrogen-bond donors (Lipinski definition) is 1. The molecule has 2 aromatic rings. The zero-order valence-corrected chi connectivity index (χ0v) is 10.5. The predicted octanol–water partition coefficient (Wildman–Crippen LogP) is 2.67. The van der Waals surface area contributed by atoms with Crippen LogP contribution in [0.2, 0.25) is 0 Å². The van der Waals surface area contributed by atoms with Gasteiger partial charge in [0.15, 0.2) is 0 Å². The predicted molar refractivity (Wildman–Crippen MR) is 73.3 cm³/mol. The second kappa shape index (κ2) is 4.86. The minimum atomic E-state index is -0.487. The molecule has 96 valence electrons. The first kappa shape index (κ1) is 11.9. The van der Waals surface area contributed by atoms with Gasteiger partial charge in [0.05, 0.1) is 0 Å². The summed E-state index contributed by atoms with van der Waals surface area (Å²) in [6, 6.07) is 17.8. The second-order valence-corrected chi connectivity index (χ2v) is 4.76. The number of esters is 1. The van der Waals surface area contributed by atoms with Crippen LogP contribution >= 0.6 is 0 Å². The van der Waals surface area contributed by atoms with E-state index in [-0.39, 0.29) is 12.1 Å². The van der Waals surface area contributed by atoms with Gasteiger partial charge in [-0.05, 0) is 16.7 Å². The molecule has 3 heteroatoms. The Hall–Kier alpha value is -2.13. The standard InChI is InChI=1S/C16H15NO2/c17-14-10-15(19-16(14)18)13-8-6-12(7-9-13)11-4-2-1-3-5-11/h1-9,14-15H,10,17H2. The number of carbonyl (C=O) groups excluding carboxylic acids is 1. The molecule has 1 fully saturated rings. The van der Waals surface area contributed by atoms with E-state index in [4.69, 9.17) is 10.5 Å². The van der Waals surface area contributed by atoms with E-state index in [0.29, 0.717) is 6.42 Å². The monoisotopic (exact) mass is 253 g/mol. The van der Waals surface area contributed by atoms with Crippen molar-refractivity contribution >= 4 is 5.97 Å². The highest BCUT2D eigenvalue weighted by Crippen LogP contribution is 2.30. The number of benzene rings is 2. The molecule has 2 aromatic carbocycles. The van der Waals surface area contributed by atoms with Crippen LogP contribution in [0.1, 0.15) is 18.1 Å². The van der Waals surface area contributed by atoms with Gasteiger partial charge in [0.1, 0.15) is 12.1 Å². The summed E-state index contributed by atoms with van der Waals surface area (Å²) in [7, 11) is 0. The van der Waals surface area contributed by atoms with E-state index in [1.54, 1.807) is 0 Å². The van der Waals surface area contributed by atoms with Gasteiger partial charge in [-0.25, -0.2) is 0 Å². The molecule has 0 saturated carbocycles. The van der Waals surface area contributed by atoms with Crippen molar-refractivity contribution < 1.29 is 9.53 Å². The summed E-state index contributed by atoms with van der Waals surface area (Å²) in [5.41, 5.74) is 8.98. The Morgan fingerprint density at radius 1 is 0.947 bits per heavy atom. The van der Waals surface area contributed by atoms with E-state index >= 15 is 0 Å². The summed E-state index contributed by atoms with van der Waals surface area (Å²) in [5.74, 6) is -0.308. The van der Waals surface area contributed by atoms with Crippen molar-refractivity contribution in [3.63, 3.8) is 0 Å². The number of hydrogen-bond acceptors (Lipinski definition) is 3. The maximum Gasteiger partial charge on any atom is 0.323 e. The van der Waals surface area contributed by atoms with Gasteiger partial charge in [-0.15, -0.1) is 0 Å². The molecule has 2 atom stereocenters. The van der Waals surface area contributed by atoms with Gasteiger partial charge < -0.3 is 10.5 Å². The van der Waals surface area contributed by atoms with E-state index in [1.165, 1.54) is 5.56 Å². The van der Waals surface area contributed by atoms with Crippen molar-refractivity contribution in [3.8, 4) is 11.1 Å². The molecule has 0 bridgehead atoms. The second-order valence-electron chi connectivity index (χ2n) is 4.76. The first-order valence-electron chi connectivity index (χ1n) is 6.35. The molecule has 0 amide bonds. The third-order valence-corrected chi connectivity index (χ3v) is 3.42. The lowest BCUT2D eigenvalue weighted by Crippen LogP contribution is -2.24. The van der Waals surface area contributed by atoms with Crippen LogP contribution in [0, 0.1) is 0 Å². The lowest BCUT2D eigenvalue weighted by atomic mass is 10.0. The molecule has 3 nitrogen and oxygen atoms in total. The van der Waals surface area contributed by atoms with Crippen molar-refractivity contribution in [1.29, 1.82) is 0 Å². The molecule has 2 N–H and O–H groups in total. The minimum Gasteiger partial charge on any atom is -0.456 e.